The van der Waals surface area contributed by atoms with E-state index < -0.39 is 16.5 Å². The summed E-state index contributed by atoms with van der Waals surface area (Å²) in [5, 5.41) is 19.7. The van der Waals surface area contributed by atoms with Crippen LogP contribution >= 0.6 is 15.9 Å². The van der Waals surface area contributed by atoms with Gasteiger partial charge in [-0.2, -0.15) is 0 Å². The number of aryl methyl sites for hydroxylation is 1. The Morgan fingerprint density at radius 2 is 2.19 bits per heavy atom. The molecule has 2 rings (SSSR count). The number of hydrogen-bond acceptors (Lipinski definition) is 5. The number of aromatic carboxylic acids is 1. The van der Waals surface area contributed by atoms with Gasteiger partial charge in [-0.15, -0.1) is 0 Å². The fourth-order valence-electron chi connectivity index (χ4n) is 1.81. The van der Waals surface area contributed by atoms with Gasteiger partial charge < -0.3 is 14.1 Å². The Bertz CT molecular complexity index is 792. The third kappa shape index (κ3) is 3.02. The number of carboxylic acid groups (broad SMARTS) is 1. The molecule has 110 valence electrons. The highest BCUT2D eigenvalue weighted by atomic mass is 79.9. The molecule has 0 aromatic carbocycles. The summed E-state index contributed by atoms with van der Waals surface area (Å²) in [7, 11) is 0. The maximum Gasteiger partial charge on any atom is 0.372 e. The molecule has 0 atom stereocenters. The van der Waals surface area contributed by atoms with Crippen LogP contribution in [0.4, 0.5) is 5.69 Å². The number of halogens is 1. The lowest BCUT2D eigenvalue weighted by Crippen LogP contribution is -2.21. The van der Waals surface area contributed by atoms with E-state index in [-0.39, 0.29) is 28.2 Å². The molecule has 0 amide bonds. The maximum atomic E-state index is 11.9. The van der Waals surface area contributed by atoms with Gasteiger partial charge in [-0.1, -0.05) is 0 Å². The average Bonchev–Trinajstić information content (AvgIpc) is 2.75. The van der Waals surface area contributed by atoms with E-state index in [1.54, 1.807) is 6.92 Å². The van der Waals surface area contributed by atoms with Crippen molar-refractivity contribution in [3.8, 4) is 0 Å². The van der Waals surface area contributed by atoms with E-state index in [0.29, 0.717) is 5.56 Å². The van der Waals surface area contributed by atoms with Crippen molar-refractivity contribution in [1.82, 2.24) is 4.57 Å². The molecule has 0 saturated heterocycles. The molecule has 0 saturated carbocycles. The molecule has 2 aromatic heterocycles. The number of carboxylic acids is 1. The predicted octanol–water partition coefficient (Wildman–Crippen LogP) is 2.17. The van der Waals surface area contributed by atoms with Crippen molar-refractivity contribution >= 4 is 27.6 Å². The zero-order valence-electron chi connectivity index (χ0n) is 10.7. The average molecular weight is 357 g/mol. The molecule has 1 N–H and O–H groups in total. The monoisotopic (exact) mass is 356 g/mol. The van der Waals surface area contributed by atoms with Gasteiger partial charge in [0.1, 0.15) is 5.76 Å². The minimum atomic E-state index is -1.22. The SMILES string of the molecule is Cc1cc(Cn2cc([N+](=O)[O-])cc(Br)c2=O)oc1C(=O)O. The highest BCUT2D eigenvalue weighted by molar-refractivity contribution is 9.10. The quantitative estimate of drug-likeness (QED) is 0.662. The third-order valence-corrected chi connectivity index (χ3v) is 3.30. The van der Waals surface area contributed by atoms with Crippen LogP contribution < -0.4 is 5.56 Å². The van der Waals surface area contributed by atoms with Crippen LogP contribution in [0.15, 0.2) is 32.0 Å². The number of rotatable bonds is 4. The first kappa shape index (κ1) is 15.0. The van der Waals surface area contributed by atoms with Gasteiger partial charge in [0.25, 0.3) is 11.2 Å². The van der Waals surface area contributed by atoms with E-state index in [1.165, 1.54) is 6.07 Å². The van der Waals surface area contributed by atoms with Gasteiger partial charge in [0.05, 0.1) is 22.1 Å². The fourth-order valence-corrected chi connectivity index (χ4v) is 2.27. The van der Waals surface area contributed by atoms with E-state index in [9.17, 15) is 19.7 Å². The van der Waals surface area contributed by atoms with Gasteiger partial charge in [0, 0.05) is 11.6 Å². The summed E-state index contributed by atoms with van der Waals surface area (Å²) in [6, 6.07) is 2.58. The summed E-state index contributed by atoms with van der Waals surface area (Å²) in [5.41, 5.74) is -0.329. The topological polar surface area (TPSA) is 116 Å². The lowest BCUT2D eigenvalue weighted by Gasteiger charge is -2.04. The van der Waals surface area contributed by atoms with Crippen molar-refractivity contribution in [2.75, 3.05) is 0 Å². The molecule has 0 aliphatic heterocycles. The first-order valence-electron chi connectivity index (χ1n) is 5.66. The molecule has 0 aliphatic carbocycles. The minimum Gasteiger partial charge on any atom is -0.475 e. The summed E-state index contributed by atoms with van der Waals surface area (Å²) in [6.45, 7) is 1.45. The minimum absolute atomic E-state index is 0.0402. The first-order valence-corrected chi connectivity index (χ1v) is 6.46. The number of nitro groups is 1. The molecule has 0 aliphatic rings. The number of furan rings is 1. The summed E-state index contributed by atoms with van der Waals surface area (Å²) in [5.74, 6) is -1.21. The smallest absolute Gasteiger partial charge is 0.372 e. The standard InChI is InChI=1S/C12H9BrN2O6/c1-6-2-8(21-10(6)12(17)18)5-14-4-7(15(19)20)3-9(13)11(14)16/h2-4H,5H2,1H3,(H,17,18). The van der Waals surface area contributed by atoms with Crippen molar-refractivity contribution in [3.63, 3.8) is 0 Å². The van der Waals surface area contributed by atoms with Gasteiger partial charge >= 0.3 is 5.97 Å². The van der Waals surface area contributed by atoms with Gasteiger partial charge in [-0.25, -0.2) is 4.79 Å². The summed E-state index contributed by atoms with van der Waals surface area (Å²) < 4.78 is 6.25. The zero-order chi connectivity index (χ0) is 15.7. The Hall–Kier alpha value is -2.42. The fraction of sp³-hybridized carbons (Fsp3) is 0.167. The van der Waals surface area contributed by atoms with E-state index in [4.69, 9.17) is 9.52 Å². The van der Waals surface area contributed by atoms with Crippen LogP contribution in [0.1, 0.15) is 21.9 Å². The van der Waals surface area contributed by atoms with Crippen LogP contribution in [0.5, 0.6) is 0 Å². The molecular weight excluding hydrogens is 348 g/mol. The first-order chi connectivity index (χ1) is 9.79. The maximum absolute atomic E-state index is 11.9. The van der Waals surface area contributed by atoms with Crippen LogP contribution in [-0.2, 0) is 6.54 Å². The summed E-state index contributed by atoms with van der Waals surface area (Å²) in [6.07, 6.45) is 1.07. The number of nitrogens with zero attached hydrogens (tertiary/aromatic N) is 2. The van der Waals surface area contributed by atoms with E-state index in [0.717, 1.165) is 16.8 Å². The zero-order valence-corrected chi connectivity index (χ0v) is 12.3. The van der Waals surface area contributed by atoms with Crippen LogP contribution in [-0.4, -0.2) is 20.6 Å². The Balaban J connectivity index is 2.44. The Morgan fingerprint density at radius 3 is 2.71 bits per heavy atom. The van der Waals surface area contributed by atoms with Gasteiger partial charge in [-0.05, 0) is 28.9 Å². The lowest BCUT2D eigenvalue weighted by molar-refractivity contribution is -0.385. The van der Waals surface area contributed by atoms with Crippen LogP contribution in [0, 0.1) is 17.0 Å². The third-order valence-electron chi connectivity index (χ3n) is 2.73. The second kappa shape index (κ2) is 5.52. The molecule has 0 fully saturated rings. The number of hydrogen-bond donors (Lipinski definition) is 1. The van der Waals surface area contributed by atoms with Crippen LogP contribution in [0.25, 0.3) is 0 Å². The molecule has 8 nitrogen and oxygen atoms in total. The molecule has 2 aromatic rings. The number of carbonyl (C=O) groups is 1. The molecular formula is C12H9BrN2O6. The van der Waals surface area contributed by atoms with Crippen LogP contribution in [0.3, 0.4) is 0 Å². The molecule has 0 bridgehead atoms. The predicted molar refractivity (Wildman–Crippen MR) is 74.6 cm³/mol. The Kier molecular flexibility index (Phi) is 3.94. The Morgan fingerprint density at radius 1 is 1.52 bits per heavy atom. The van der Waals surface area contributed by atoms with Crippen molar-refractivity contribution in [2.24, 2.45) is 0 Å². The normalized spacial score (nSPS) is 10.6. The van der Waals surface area contributed by atoms with Crippen molar-refractivity contribution in [3.05, 3.63) is 60.4 Å². The molecule has 21 heavy (non-hydrogen) atoms. The van der Waals surface area contributed by atoms with E-state index in [2.05, 4.69) is 15.9 Å². The molecule has 0 spiro atoms. The van der Waals surface area contributed by atoms with Crippen molar-refractivity contribution < 1.29 is 19.2 Å². The summed E-state index contributed by atoms with van der Waals surface area (Å²) >= 11 is 2.96. The van der Waals surface area contributed by atoms with Crippen molar-refractivity contribution in [1.29, 1.82) is 0 Å². The van der Waals surface area contributed by atoms with E-state index >= 15 is 0 Å². The lowest BCUT2D eigenvalue weighted by atomic mass is 10.2. The van der Waals surface area contributed by atoms with Gasteiger partial charge in [0.15, 0.2) is 0 Å². The highest BCUT2D eigenvalue weighted by Crippen LogP contribution is 2.18. The van der Waals surface area contributed by atoms with Crippen LogP contribution in [0.2, 0.25) is 0 Å². The molecule has 0 radical (unpaired) electrons. The van der Waals surface area contributed by atoms with E-state index in [1.807, 2.05) is 0 Å². The molecule has 2 heterocycles. The molecule has 0 unspecified atom stereocenters. The second-order valence-electron chi connectivity index (χ2n) is 4.27. The Labute approximate surface area is 125 Å². The highest BCUT2D eigenvalue weighted by Gasteiger charge is 2.17. The number of aromatic nitrogens is 1. The largest absolute Gasteiger partial charge is 0.475 e. The van der Waals surface area contributed by atoms with Gasteiger partial charge in [0.2, 0.25) is 5.76 Å². The number of pyridine rings is 1. The van der Waals surface area contributed by atoms with Gasteiger partial charge in [-0.3, -0.25) is 14.9 Å². The molecule has 9 heteroatoms. The van der Waals surface area contributed by atoms with Crippen molar-refractivity contribution in [2.45, 2.75) is 13.5 Å². The second-order valence-corrected chi connectivity index (χ2v) is 5.12. The summed E-state index contributed by atoms with van der Waals surface area (Å²) in [4.78, 5) is 33.0.